The van der Waals surface area contributed by atoms with E-state index in [1.165, 1.54) is 7.05 Å². The number of rotatable bonds is 7. The van der Waals surface area contributed by atoms with Gasteiger partial charge in [0.05, 0.1) is 11.3 Å². The van der Waals surface area contributed by atoms with Crippen molar-refractivity contribution >= 4 is 21.6 Å². The first-order valence-electron chi connectivity index (χ1n) is 6.43. The summed E-state index contributed by atoms with van der Waals surface area (Å²) >= 11 is 0. The topological polar surface area (TPSA) is 87.3 Å². The van der Waals surface area contributed by atoms with Gasteiger partial charge >= 0.3 is 0 Å². The predicted molar refractivity (Wildman–Crippen MR) is 80.5 cm³/mol. The molecular formula is C13H21N3O3S. The Hall–Kier alpha value is -1.60. The first-order chi connectivity index (χ1) is 9.39. The molecule has 20 heavy (non-hydrogen) atoms. The molecule has 6 nitrogen and oxygen atoms in total. The van der Waals surface area contributed by atoms with Gasteiger partial charge in [-0.05, 0) is 33.0 Å². The van der Waals surface area contributed by atoms with E-state index in [1.807, 2.05) is 26.0 Å². The van der Waals surface area contributed by atoms with Gasteiger partial charge in [0.25, 0.3) is 5.91 Å². The van der Waals surface area contributed by atoms with Crippen LogP contribution in [0, 0.1) is 6.92 Å². The fourth-order valence-electron chi connectivity index (χ4n) is 1.69. The SMILES string of the molecule is CCNc1ccc(C)cc1C(=O)NCCS(=O)(=O)NC. The quantitative estimate of drug-likeness (QED) is 0.692. The predicted octanol–water partition coefficient (Wildman–Crippen LogP) is 0.706. The highest BCUT2D eigenvalue weighted by Gasteiger charge is 2.13. The minimum Gasteiger partial charge on any atom is -0.385 e. The van der Waals surface area contributed by atoms with Gasteiger partial charge in [0.15, 0.2) is 0 Å². The standard InChI is InChI=1S/C13H21N3O3S/c1-4-15-12-6-5-10(2)9-11(12)13(17)16-7-8-20(18,19)14-3/h5-6,9,14-15H,4,7-8H2,1-3H3,(H,16,17). The number of aryl methyl sites for hydroxylation is 1. The van der Waals surface area contributed by atoms with Crippen LogP contribution >= 0.6 is 0 Å². The Kier molecular flexibility index (Phi) is 5.97. The summed E-state index contributed by atoms with van der Waals surface area (Å²) in [5.41, 5.74) is 2.24. The Bertz CT molecular complexity index is 570. The second kappa shape index (κ2) is 7.25. The van der Waals surface area contributed by atoms with Crippen molar-refractivity contribution in [2.24, 2.45) is 0 Å². The maximum absolute atomic E-state index is 12.1. The summed E-state index contributed by atoms with van der Waals surface area (Å²) in [6, 6.07) is 5.54. The minimum absolute atomic E-state index is 0.0709. The Labute approximate surface area is 120 Å². The van der Waals surface area contributed by atoms with Gasteiger partial charge in [0.1, 0.15) is 0 Å². The highest BCUT2D eigenvalue weighted by Crippen LogP contribution is 2.17. The van der Waals surface area contributed by atoms with Gasteiger partial charge in [0.2, 0.25) is 10.0 Å². The lowest BCUT2D eigenvalue weighted by molar-refractivity contribution is 0.0957. The van der Waals surface area contributed by atoms with Crippen molar-refractivity contribution in [1.29, 1.82) is 0 Å². The van der Waals surface area contributed by atoms with Gasteiger partial charge < -0.3 is 10.6 Å². The molecule has 7 heteroatoms. The molecule has 0 heterocycles. The zero-order valence-electron chi connectivity index (χ0n) is 12.0. The van der Waals surface area contributed by atoms with E-state index in [9.17, 15) is 13.2 Å². The lowest BCUT2D eigenvalue weighted by atomic mass is 10.1. The van der Waals surface area contributed by atoms with Crippen molar-refractivity contribution in [3.63, 3.8) is 0 Å². The van der Waals surface area contributed by atoms with Crippen LogP contribution in [0.2, 0.25) is 0 Å². The summed E-state index contributed by atoms with van der Waals surface area (Å²) in [5, 5.41) is 5.73. The highest BCUT2D eigenvalue weighted by molar-refractivity contribution is 7.89. The maximum atomic E-state index is 12.1. The number of carbonyl (C=O) groups excluding carboxylic acids is 1. The molecule has 0 unspecified atom stereocenters. The van der Waals surface area contributed by atoms with E-state index in [0.717, 1.165) is 11.3 Å². The number of benzene rings is 1. The Morgan fingerprint density at radius 1 is 1.30 bits per heavy atom. The average Bonchev–Trinajstić information content (AvgIpc) is 2.40. The van der Waals surface area contributed by atoms with Crippen LogP contribution < -0.4 is 15.4 Å². The summed E-state index contributed by atoms with van der Waals surface area (Å²) in [6.07, 6.45) is 0. The lowest BCUT2D eigenvalue weighted by Gasteiger charge is -2.12. The van der Waals surface area contributed by atoms with Crippen LogP contribution in [0.4, 0.5) is 5.69 Å². The molecule has 0 fully saturated rings. The molecule has 1 amide bonds. The van der Waals surface area contributed by atoms with Crippen LogP contribution in [-0.2, 0) is 10.0 Å². The second-order valence-electron chi connectivity index (χ2n) is 4.36. The fraction of sp³-hybridized carbons (Fsp3) is 0.462. The summed E-state index contributed by atoms with van der Waals surface area (Å²) in [7, 11) is -1.96. The summed E-state index contributed by atoms with van der Waals surface area (Å²) in [5.74, 6) is -0.423. The summed E-state index contributed by atoms with van der Waals surface area (Å²) in [6.45, 7) is 4.62. The van der Waals surface area contributed by atoms with Crippen molar-refractivity contribution in [3.8, 4) is 0 Å². The zero-order valence-corrected chi connectivity index (χ0v) is 12.8. The van der Waals surface area contributed by atoms with Gasteiger partial charge in [-0.1, -0.05) is 11.6 Å². The highest BCUT2D eigenvalue weighted by atomic mass is 32.2. The largest absolute Gasteiger partial charge is 0.385 e. The molecule has 0 spiro atoms. The molecule has 0 saturated carbocycles. The molecule has 112 valence electrons. The molecular weight excluding hydrogens is 278 g/mol. The third-order valence-electron chi connectivity index (χ3n) is 2.75. The third kappa shape index (κ3) is 4.82. The molecule has 0 atom stereocenters. The number of nitrogens with one attached hydrogen (secondary N) is 3. The molecule has 1 aromatic carbocycles. The molecule has 0 radical (unpaired) electrons. The van der Waals surface area contributed by atoms with Crippen molar-refractivity contribution in [2.75, 3.05) is 31.2 Å². The monoisotopic (exact) mass is 299 g/mol. The van der Waals surface area contributed by atoms with E-state index in [2.05, 4.69) is 15.4 Å². The van der Waals surface area contributed by atoms with E-state index < -0.39 is 10.0 Å². The Morgan fingerprint density at radius 3 is 2.60 bits per heavy atom. The van der Waals surface area contributed by atoms with Gasteiger partial charge in [-0.2, -0.15) is 0 Å². The van der Waals surface area contributed by atoms with Crippen LogP contribution in [0.3, 0.4) is 0 Å². The van der Waals surface area contributed by atoms with E-state index in [1.54, 1.807) is 6.07 Å². The first-order valence-corrected chi connectivity index (χ1v) is 8.08. The minimum atomic E-state index is -3.31. The van der Waals surface area contributed by atoms with E-state index >= 15 is 0 Å². The molecule has 1 aromatic rings. The van der Waals surface area contributed by atoms with Gasteiger partial charge in [-0.15, -0.1) is 0 Å². The Balaban J connectivity index is 2.74. The molecule has 0 aromatic heterocycles. The normalized spacial score (nSPS) is 11.2. The second-order valence-corrected chi connectivity index (χ2v) is 6.40. The van der Waals surface area contributed by atoms with Gasteiger partial charge in [-0.25, -0.2) is 13.1 Å². The van der Waals surface area contributed by atoms with Crippen molar-refractivity contribution in [1.82, 2.24) is 10.0 Å². The van der Waals surface area contributed by atoms with Crippen LogP contribution in [0.25, 0.3) is 0 Å². The zero-order chi connectivity index (χ0) is 15.2. The van der Waals surface area contributed by atoms with E-state index in [4.69, 9.17) is 0 Å². The van der Waals surface area contributed by atoms with E-state index in [-0.39, 0.29) is 18.2 Å². The summed E-state index contributed by atoms with van der Waals surface area (Å²) in [4.78, 5) is 12.1. The number of hydrogen-bond acceptors (Lipinski definition) is 4. The van der Waals surface area contributed by atoms with Crippen LogP contribution in [0.1, 0.15) is 22.8 Å². The van der Waals surface area contributed by atoms with Gasteiger partial charge in [-0.3, -0.25) is 4.79 Å². The van der Waals surface area contributed by atoms with Crippen LogP contribution in [0.5, 0.6) is 0 Å². The van der Waals surface area contributed by atoms with Crippen molar-refractivity contribution in [2.45, 2.75) is 13.8 Å². The molecule has 3 N–H and O–H groups in total. The first kappa shape index (κ1) is 16.5. The molecule has 0 aliphatic heterocycles. The van der Waals surface area contributed by atoms with E-state index in [0.29, 0.717) is 12.1 Å². The number of anilines is 1. The van der Waals surface area contributed by atoms with Crippen LogP contribution in [0.15, 0.2) is 18.2 Å². The lowest BCUT2D eigenvalue weighted by Crippen LogP contribution is -2.33. The number of hydrogen-bond donors (Lipinski definition) is 3. The molecule has 1 rings (SSSR count). The Morgan fingerprint density at radius 2 is 2.00 bits per heavy atom. The fourth-order valence-corrected chi connectivity index (χ4v) is 2.26. The average molecular weight is 299 g/mol. The number of sulfonamides is 1. The number of carbonyl (C=O) groups is 1. The maximum Gasteiger partial charge on any atom is 0.253 e. The molecule has 0 saturated heterocycles. The molecule has 0 bridgehead atoms. The van der Waals surface area contributed by atoms with Crippen molar-refractivity contribution < 1.29 is 13.2 Å². The van der Waals surface area contributed by atoms with Crippen molar-refractivity contribution in [3.05, 3.63) is 29.3 Å². The summed E-state index contributed by atoms with van der Waals surface area (Å²) < 4.78 is 24.7. The molecule has 0 aliphatic carbocycles. The number of amides is 1. The van der Waals surface area contributed by atoms with Crippen LogP contribution in [-0.4, -0.2) is 40.2 Å². The molecule has 0 aliphatic rings. The van der Waals surface area contributed by atoms with Gasteiger partial charge in [0, 0.05) is 18.8 Å². The smallest absolute Gasteiger partial charge is 0.253 e. The third-order valence-corrected chi connectivity index (χ3v) is 4.12.